The molecule has 3 nitrogen and oxygen atoms in total. The van der Waals surface area contributed by atoms with E-state index in [1.165, 1.54) is 0 Å². The maximum Gasteiger partial charge on any atom is 0.193 e. The van der Waals surface area contributed by atoms with Crippen LogP contribution in [0.5, 0.6) is 5.75 Å². The molecule has 20 heavy (non-hydrogen) atoms. The molecule has 0 aliphatic rings. The number of ether oxygens (including phenoxy) is 1. The first-order chi connectivity index (χ1) is 9.60. The van der Waals surface area contributed by atoms with Gasteiger partial charge in [0.1, 0.15) is 5.75 Å². The zero-order valence-corrected chi connectivity index (χ0v) is 12.0. The Hall–Kier alpha value is -2.00. The van der Waals surface area contributed by atoms with Gasteiger partial charge in [0.05, 0.1) is 6.61 Å². The fraction of sp³-hybridized carbons (Fsp3) is 0.188. The van der Waals surface area contributed by atoms with Crippen molar-refractivity contribution in [1.29, 1.82) is 0 Å². The standard InChI is InChI=1S/C16H16ClNO2/c1-2-7-20-15-5-3-11(4-6-15)16(19)12-8-13(17)10-14(18)9-12/h3-6,8-10H,2,7,18H2,1H3. The highest BCUT2D eigenvalue weighted by atomic mass is 35.5. The second-order valence-electron chi connectivity index (χ2n) is 4.48. The summed E-state index contributed by atoms with van der Waals surface area (Å²) in [7, 11) is 0. The van der Waals surface area contributed by atoms with Crippen molar-refractivity contribution >= 4 is 23.1 Å². The molecule has 0 saturated heterocycles. The van der Waals surface area contributed by atoms with Crippen LogP contribution in [0.2, 0.25) is 5.02 Å². The first kappa shape index (κ1) is 14.4. The third-order valence-electron chi connectivity index (χ3n) is 2.77. The molecule has 0 aliphatic carbocycles. The number of nitrogens with two attached hydrogens (primary N) is 1. The highest BCUT2D eigenvalue weighted by molar-refractivity contribution is 6.31. The summed E-state index contributed by atoms with van der Waals surface area (Å²) in [5.41, 5.74) is 7.24. The maximum absolute atomic E-state index is 12.3. The summed E-state index contributed by atoms with van der Waals surface area (Å²) in [6.07, 6.45) is 0.947. The second kappa shape index (κ2) is 6.44. The predicted octanol–water partition coefficient (Wildman–Crippen LogP) is 3.94. The smallest absolute Gasteiger partial charge is 0.193 e. The highest BCUT2D eigenvalue weighted by Crippen LogP contribution is 2.20. The Labute approximate surface area is 123 Å². The van der Waals surface area contributed by atoms with Crippen LogP contribution in [0, 0.1) is 0 Å². The number of hydrogen-bond donors (Lipinski definition) is 1. The lowest BCUT2D eigenvalue weighted by atomic mass is 10.0. The Bertz CT molecular complexity index is 588. The van der Waals surface area contributed by atoms with Crippen molar-refractivity contribution in [2.24, 2.45) is 0 Å². The molecule has 2 N–H and O–H groups in total. The third kappa shape index (κ3) is 3.52. The van der Waals surface area contributed by atoms with Gasteiger partial charge in [0.2, 0.25) is 0 Å². The van der Waals surface area contributed by atoms with Crippen molar-refractivity contribution in [3.63, 3.8) is 0 Å². The number of ketones is 1. The highest BCUT2D eigenvalue weighted by Gasteiger charge is 2.10. The average molecular weight is 290 g/mol. The van der Waals surface area contributed by atoms with Crippen LogP contribution in [0.25, 0.3) is 0 Å². The van der Waals surface area contributed by atoms with Gasteiger partial charge in [-0.1, -0.05) is 18.5 Å². The molecule has 0 fully saturated rings. The van der Waals surface area contributed by atoms with Gasteiger partial charge in [0.25, 0.3) is 0 Å². The number of halogens is 1. The van der Waals surface area contributed by atoms with Gasteiger partial charge in [-0.25, -0.2) is 0 Å². The molecule has 0 radical (unpaired) electrons. The molecule has 0 aromatic heterocycles. The van der Waals surface area contributed by atoms with Crippen LogP contribution < -0.4 is 10.5 Å². The maximum atomic E-state index is 12.3. The van der Waals surface area contributed by atoms with E-state index < -0.39 is 0 Å². The fourth-order valence-corrected chi connectivity index (χ4v) is 2.08. The Kier molecular flexibility index (Phi) is 4.64. The summed E-state index contributed by atoms with van der Waals surface area (Å²) < 4.78 is 5.48. The van der Waals surface area contributed by atoms with Crippen LogP contribution in [0.4, 0.5) is 5.69 Å². The van der Waals surface area contributed by atoms with Gasteiger partial charge >= 0.3 is 0 Å². The summed E-state index contributed by atoms with van der Waals surface area (Å²) in [5.74, 6) is 0.648. The fourth-order valence-electron chi connectivity index (χ4n) is 1.83. The summed E-state index contributed by atoms with van der Waals surface area (Å²) in [5, 5.41) is 0.455. The molecule has 0 aliphatic heterocycles. The molecule has 0 bridgehead atoms. The van der Waals surface area contributed by atoms with Crippen molar-refractivity contribution in [2.45, 2.75) is 13.3 Å². The molecule has 0 spiro atoms. The normalized spacial score (nSPS) is 10.3. The minimum atomic E-state index is -0.110. The van der Waals surface area contributed by atoms with Crippen LogP contribution in [0.3, 0.4) is 0 Å². The van der Waals surface area contributed by atoms with Crippen molar-refractivity contribution in [3.05, 3.63) is 58.6 Å². The van der Waals surface area contributed by atoms with Gasteiger partial charge < -0.3 is 10.5 Å². The van der Waals surface area contributed by atoms with E-state index in [9.17, 15) is 4.79 Å². The SMILES string of the molecule is CCCOc1ccc(C(=O)c2cc(N)cc(Cl)c2)cc1. The van der Waals surface area contributed by atoms with Gasteiger partial charge in [-0.2, -0.15) is 0 Å². The second-order valence-corrected chi connectivity index (χ2v) is 4.91. The number of hydrogen-bond acceptors (Lipinski definition) is 3. The Balaban J connectivity index is 2.20. The van der Waals surface area contributed by atoms with Crippen molar-refractivity contribution in [1.82, 2.24) is 0 Å². The number of carbonyl (C=O) groups excluding carboxylic acids is 1. The van der Waals surface area contributed by atoms with E-state index in [2.05, 4.69) is 0 Å². The van der Waals surface area contributed by atoms with Gasteiger partial charge in [-0.15, -0.1) is 0 Å². The third-order valence-corrected chi connectivity index (χ3v) is 2.99. The van der Waals surface area contributed by atoms with E-state index in [1.807, 2.05) is 6.92 Å². The molecular formula is C16H16ClNO2. The van der Waals surface area contributed by atoms with E-state index in [-0.39, 0.29) is 5.78 Å². The zero-order valence-electron chi connectivity index (χ0n) is 11.2. The summed E-state index contributed by atoms with van der Waals surface area (Å²) in [4.78, 5) is 12.3. The van der Waals surface area contributed by atoms with Crippen LogP contribution in [-0.4, -0.2) is 12.4 Å². The lowest BCUT2D eigenvalue weighted by Gasteiger charge is -2.06. The van der Waals surface area contributed by atoms with E-state index in [1.54, 1.807) is 42.5 Å². The largest absolute Gasteiger partial charge is 0.494 e. The van der Waals surface area contributed by atoms with Gasteiger partial charge in [0.15, 0.2) is 5.78 Å². The summed E-state index contributed by atoms with van der Waals surface area (Å²) in [6.45, 7) is 2.71. The first-order valence-electron chi connectivity index (χ1n) is 6.44. The molecule has 0 saturated carbocycles. The zero-order chi connectivity index (χ0) is 14.5. The lowest BCUT2D eigenvalue weighted by molar-refractivity contribution is 0.103. The number of nitrogen functional groups attached to an aromatic ring is 1. The minimum Gasteiger partial charge on any atom is -0.494 e. The molecule has 0 atom stereocenters. The van der Waals surface area contributed by atoms with Crippen LogP contribution in [0.1, 0.15) is 29.3 Å². The summed E-state index contributed by atoms with van der Waals surface area (Å²) >= 11 is 5.91. The number of anilines is 1. The van der Waals surface area contributed by atoms with Crippen LogP contribution >= 0.6 is 11.6 Å². The molecule has 104 valence electrons. The monoisotopic (exact) mass is 289 g/mol. The van der Waals surface area contributed by atoms with Crippen molar-refractivity contribution < 1.29 is 9.53 Å². The van der Waals surface area contributed by atoms with Crippen molar-refractivity contribution in [3.8, 4) is 5.75 Å². The minimum absolute atomic E-state index is 0.110. The quantitative estimate of drug-likeness (QED) is 0.670. The van der Waals surface area contributed by atoms with E-state index in [0.717, 1.165) is 12.2 Å². The predicted molar refractivity (Wildman–Crippen MR) is 81.5 cm³/mol. The summed E-state index contributed by atoms with van der Waals surface area (Å²) in [6, 6.07) is 11.9. The first-order valence-corrected chi connectivity index (χ1v) is 6.81. The van der Waals surface area contributed by atoms with E-state index >= 15 is 0 Å². The molecule has 4 heteroatoms. The Morgan fingerprint density at radius 1 is 1.15 bits per heavy atom. The number of carbonyl (C=O) groups is 1. The molecule has 0 heterocycles. The molecule has 0 unspecified atom stereocenters. The van der Waals surface area contributed by atoms with Crippen molar-refractivity contribution in [2.75, 3.05) is 12.3 Å². The number of benzene rings is 2. The average Bonchev–Trinajstić information content (AvgIpc) is 2.44. The van der Waals surface area contributed by atoms with Crippen LogP contribution in [-0.2, 0) is 0 Å². The van der Waals surface area contributed by atoms with Gasteiger partial charge in [-0.3, -0.25) is 4.79 Å². The van der Waals surface area contributed by atoms with Crippen LogP contribution in [0.15, 0.2) is 42.5 Å². The van der Waals surface area contributed by atoms with E-state index in [0.29, 0.717) is 28.4 Å². The molecule has 2 aromatic rings. The number of rotatable bonds is 5. The molecule has 2 aromatic carbocycles. The van der Waals surface area contributed by atoms with Gasteiger partial charge in [0, 0.05) is 21.8 Å². The molecular weight excluding hydrogens is 274 g/mol. The molecule has 2 rings (SSSR count). The Morgan fingerprint density at radius 3 is 2.45 bits per heavy atom. The van der Waals surface area contributed by atoms with Gasteiger partial charge in [-0.05, 0) is 48.9 Å². The molecule has 0 amide bonds. The lowest BCUT2D eigenvalue weighted by Crippen LogP contribution is -2.03. The topological polar surface area (TPSA) is 52.3 Å². The van der Waals surface area contributed by atoms with E-state index in [4.69, 9.17) is 22.1 Å². The Morgan fingerprint density at radius 2 is 1.85 bits per heavy atom.